The van der Waals surface area contributed by atoms with Crippen molar-refractivity contribution in [1.29, 1.82) is 0 Å². The Morgan fingerprint density at radius 1 is 1.04 bits per heavy atom. The van der Waals surface area contributed by atoms with E-state index in [-0.39, 0.29) is 20.0 Å². The van der Waals surface area contributed by atoms with Crippen molar-refractivity contribution in [3.8, 4) is 5.75 Å². The summed E-state index contributed by atoms with van der Waals surface area (Å²) in [5.74, 6) is 0.682. The molecular formula is C19H35O3PSeSi2. The molecule has 0 fully saturated rings. The van der Waals surface area contributed by atoms with Crippen LogP contribution in [0.1, 0.15) is 21.5 Å². The van der Waals surface area contributed by atoms with Crippen LogP contribution in [0, 0.1) is 6.92 Å². The molecule has 0 aliphatic rings. The topological polar surface area (TPSA) is 35.5 Å². The third-order valence-electron chi connectivity index (χ3n) is 4.05. The van der Waals surface area contributed by atoms with Crippen LogP contribution in [0.5, 0.6) is 5.75 Å². The number of hydrogen-bond acceptors (Lipinski definition) is 3. The van der Waals surface area contributed by atoms with Crippen molar-refractivity contribution in [2.45, 2.75) is 63.6 Å². The molecule has 0 saturated carbocycles. The van der Waals surface area contributed by atoms with Gasteiger partial charge in [0.05, 0.1) is 0 Å². The molecule has 0 unspecified atom stereocenters. The Labute approximate surface area is 169 Å². The quantitative estimate of drug-likeness (QED) is 0.264. The minimum atomic E-state index is -1.20. The third kappa shape index (κ3) is 9.10. The van der Waals surface area contributed by atoms with Crippen LogP contribution in [0.3, 0.4) is 0 Å². The van der Waals surface area contributed by atoms with Gasteiger partial charge in [0.1, 0.15) is 0 Å². The van der Waals surface area contributed by atoms with Gasteiger partial charge in [-0.1, -0.05) is 0 Å². The number of rotatable bonds is 10. The fourth-order valence-electron chi connectivity index (χ4n) is 2.41. The fourth-order valence-corrected chi connectivity index (χ4v) is 5.60. The summed E-state index contributed by atoms with van der Waals surface area (Å²) in [5.41, 5.74) is 2.72. The molecule has 0 spiro atoms. The van der Waals surface area contributed by atoms with Gasteiger partial charge in [-0.05, 0) is 0 Å². The average molecular weight is 478 g/mol. The number of carbonyl (C=O) groups is 1. The van der Waals surface area contributed by atoms with E-state index >= 15 is 0 Å². The van der Waals surface area contributed by atoms with E-state index in [1.807, 2.05) is 19.1 Å². The second-order valence-corrected chi connectivity index (χ2v) is 23.4. The Morgan fingerprint density at radius 2 is 1.62 bits per heavy atom. The zero-order valence-electron chi connectivity index (χ0n) is 17.4. The maximum absolute atomic E-state index is 12.7. The SMILES string of the molecule is Cc1cc(OCC[Si](C)(C)C)cc(C[SeH]=P)c1C(=O)OCC[Si](C)(C)C. The summed E-state index contributed by atoms with van der Waals surface area (Å²) in [5, 5.41) is 0.873. The number of ether oxygens (including phenoxy) is 2. The van der Waals surface area contributed by atoms with Crippen molar-refractivity contribution in [2.75, 3.05) is 13.2 Å². The first kappa shape index (κ1) is 23.8. The van der Waals surface area contributed by atoms with Crippen LogP contribution in [0.2, 0.25) is 51.4 Å². The van der Waals surface area contributed by atoms with E-state index in [9.17, 15) is 4.79 Å². The second kappa shape index (κ2) is 10.3. The molecule has 0 radical (unpaired) electrons. The first-order valence-electron chi connectivity index (χ1n) is 9.19. The van der Waals surface area contributed by atoms with Crippen molar-refractivity contribution in [3.05, 3.63) is 28.8 Å². The van der Waals surface area contributed by atoms with Gasteiger partial charge in [-0.25, -0.2) is 0 Å². The molecule has 148 valence electrons. The van der Waals surface area contributed by atoms with E-state index in [1.165, 1.54) is 0 Å². The second-order valence-electron chi connectivity index (χ2n) is 9.20. The molecule has 1 rings (SSSR count). The van der Waals surface area contributed by atoms with Crippen LogP contribution in [-0.4, -0.2) is 49.4 Å². The Hall–Kier alpha value is -0.257. The summed E-state index contributed by atoms with van der Waals surface area (Å²) in [6, 6.07) is 6.13. The third-order valence-corrected chi connectivity index (χ3v) is 9.33. The van der Waals surface area contributed by atoms with Gasteiger partial charge >= 0.3 is 169 Å². The summed E-state index contributed by atoms with van der Waals surface area (Å²) < 4.78 is 11.6. The molecule has 0 amide bonds. The molecule has 7 heteroatoms. The van der Waals surface area contributed by atoms with Crippen molar-refractivity contribution in [2.24, 2.45) is 0 Å². The van der Waals surface area contributed by atoms with E-state index in [2.05, 4.69) is 46.8 Å². The summed E-state index contributed by atoms with van der Waals surface area (Å²) in [4.78, 5) is 12.7. The van der Waals surface area contributed by atoms with Crippen molar-refractivity contribution in [1.82, 2.24) is 0 Å². The van der Waals surface area contributed by atoms with Crippen molar-refractivity contribution in [3.63, 3.8) is 0 Å². The van der Waals surface area contributed by atoms with Crippen LogP contribution in [0.25, 0.3) is 0 Å². The number of hydrogen-bond donors (Lipinski definition) is 0. The van der Waals surface area contributed by atoms with E-state index in [1.54, 1.807) is 0 Å². The molecule has 26 heavy (non-hydrogen) atoms. The van der Waals surface area contributed by atoms with Gasteiger partial charge in [-0.3, -0.25) is 0 Å². The fraction of sp³-hybridized carbons (Fsp3) is 0.632. The molecule has 0 N–H and O–H groups in total. The molecule has 0 aliphatic carbocycles. The molecule has 0 aromatic heterocycles. The monoisotopic (exact) mass is 478 g/mol. The number of carbonyl (C=O) groups excluding carboxylic acids is 1. The molecular weight excluding hydrogens is 442 g/mol. The molecule has 0 saturated heterocycles. The van der Waals surface area contributed by atoms with E-state index in [0.29, 0.717) is 6.61 Å². The first-order valence-corrected chi connectivity index (χ1v) is 21.2. The zero-order valence-corrected chi connectivity index (χ0v) is 22.2. The number of benzene rings is 1. The Morgan fingerprint density at radius 3 is 2.15 bits per heavy atom. The van der Waals surface area contributed by atoms with Crippen LogP contribution in [-0.2, 0) is 10.1 Å². The van der Waals surface area contributed by atoms with Crippen LogP contribution in [0.15, 0.2) is 12.1 Å². The van der Waals surface area contributed by atoms with Crippen LogP contribution >= 0.6 is 7.49 Å². The van der Waals surface area contributed by atoms with Crippen LogP contribution in [0.4, 0.5) is 0 Å². The molecule has 0 heterocycles. The average Bonchev–Trinajstić information content (AvgIpc) is 2.44. The van der Waals surface area contributed by atoms with Gasteiger partial charge in [0.15, 0.2) is 0 Å². The summed E-state index contributed by atoms with van der Waals surface area (Å²) in [6.45, 7) is 17.2. The predicted octanol–water partition coefficient (Wildman–Crippen LogP) is 5.20. The van der Waals surface area contributed by atoms with E-state index in [0.717, 1.165) is 46.5 Å². The van der Waals surface area contributed by atoms with Gasteiger partial charge in [0.2, 0.25) is 0 Å². The van der Waals surface area contributed by atoms with Crippen molar-refractivity contribution < 1.29 is 14.3 Å². The Bertz CT molecular complexity index is 637. The molecule has 0 atom stereocenters. The summed E-state index contributed by atoms with van der Waals surface area (Å²) in [7, 11) is 1.32. The van der Waals surface area contributed by atoms with Crippen molar-refractivity contribution >= 4 is 43.6 Å². The summed E-state index contributed by atoms with van der Waals surface area (Å²) >= 11 is -0.00832. The number of aryl methyl sites for hydroxylation is 1. The Kier molecular flexibility index (Phi) is 9.45. The van der Waals surface area contributed by atoms with Gasteiger partial charge in [-0.15, -0.1) is 0 Å². The van der Waals surface area contributed by atoms with E-state index < -0.39 is 16.1 Å². The van der Waals surface area contributed by atoms with Gasteiger partial charge in [0.25, 0.3) is 0 Å². The molecule has 0 bridgehead atoms. The maximum atomic E-state index is 12.7. The predicted molar refractivity (Wildman–Crippen MR) is 122 cm³/mol. The number of esters is 1. The molecule has 3 nitrogen and oxygen atoms in total. The zero-order chi connectivity index (χ0) is 20.0. The van der Waals surface area contributed by atoms with Gasteiger partial charge in [-0.2, -0.15) is 0 Å². The molecule has 0 aliphatic heterocycles. The van der Waals surface area contributed by atoms with Gasteiger partial charge in [0, 0.05) is 0 Å². The first-order chi connectivity index (χ1) is 11.9. The standard InChI is InChI=1S/C19H35O3PSeSi2/c1-15-12-17(21-8-10-25(2,3)4)13-16(14-24-23)18(15)19(20)22-9-11-26(5,6)7/h12-13,23-24H,8-11,14H2,1-7H3. The molecule has 1 aromatic rings. The normalized spacial score (nSPS) is 12.1. The minimum absolute atomic E-state index is 0.00832. The van der Waals surface area contributed by atoms with Gasteiger partial charge < -0.3 is 0 Å². The molecule has 1 aromatic carbocycles. The van der Waals surface area contributed by atoms with E-state index in [4.69, 9.17) is 9.47 Å². The van der Waals surface area contributed by atoms with Crippen LogP contribution < -0.4 is 4.74 Å². The summed E-state index contributed by atoms with van der Waals surface area (Å²) in [6.07, 6.45) is 0. The Balaban J connectivity index is 2.90.